The number of carbonyl (C=O) groups excluding carboxylic acids is 1. The fraction of sp³-hybridized carbons (Fsp3) is 0.741. The second-order valence-electron chi connectivity index (χ2n) is 10.6. The highest BCUT2D eigenvalue weighted by atomic mass is 17.2. The Morgan fingerprint density at radius 3 is 2.39 bits per heavy atom. The molecule has 0 aromatic heterocycles. The van der Waals surface area contributed by atoms with Gasteiger partial charge in [0.05, 0.1) is 19.3 Å². The topological polar surface area (TPSA) is 66.0 Å². The number of piperidine rings is 1. The van der Waals surface area contributed by atoms with E-state index in [-0.39, 0.29) is 29.3 Å². The van der Waals surface area contributed by atoms with Crippen molar-refractivity contribution in [1.82, 2.24) is 5.32 Å². The minimum Gasteiger partial charge on any atom is -0.456 e. The molecule has 1 aromatic rings. The van der Waals surface area contributed by atoms with Crippen molar-refractivity contribution in [2.24, 2.45) is 0 Å². The van der Waals surface area contributed by atoms with Crippen molar-refractivity contribution in [3.8, 4) is 0 Å². The largest absolute Gasteiger partial charge is 0.456 e. The van der Waals surface area contributed by atoms with E-state index in [1.165, 1.54) is 0 Å². The third-order valence-corrected chi connectivity index (χ3v) is 6.09. The summed E-state index contributed by atoms with van der Waals surface area (Å²) >= 11 is 0. The van der Waals surface area contributed by atoms with E-state index in [4.69, 9.17) is 19.2 Å². The van der Waals surface area contributed by atoms with Gasteiger partial charge in [0, 0.05) is 11.1 Å². The van der Waals surface area contributed by atoms with E-state index >= 15 is 0 Å². The van der Waals surface area contributed by atoms with E-state index in [0.717, 1.165) is 42.4 Å². The zero-order chi connectivity index (χ0) is 24.6. The van der Waals surface area contributed by atoms with Gasteiger partial charge in [0.2, 0.25) is 0 Å². The Kier molecular flexibility index (Phi) is 10.3. The van der Waals surface area contributed by atoms with Crippen LogP contribution >= 0.6 is 0 Å². The number of rotatable bonds is 12. The van der Waals surface area contributed by atoms with Gasteiger partial charge < -0.3 is 14.8 Å². The molecule has 1 fully saturated rings. The molecule has 6 nitrogen and oxygen atoms in total. The summed E-state index contributed by atoms with van der Waals surface area (Å²) in [6.45, 7) is 17.7. The van der Waals surface area contributed by atoms with Gasteiger partial charge in [-0.05, 0) is 84.4 Å². The van der Waals surface area contributed by atoms with Gasteiger partial charge in [-0.15, -0.1) is 0 Å². The van der Waals surface area contributed by atoms with Gasteiger partial charge in [-0.25, -0.2) is 14.6 Å². The van der Waals surface area contributed by atoms with Crippen LogP contribution in [0.1, 0.15) is 103 Å². The molecule has 1 N–H and O–H groups in total. The molecule has 0 spiro atoms. The van der Waals surface area contributed by atoms with E-state index < -0.39 is 6.10 Å². The van der Waals surface area contributed by atoms with Crippen molar-refractivity contribution in [3.63, 3.8) is 0 Å². The Balaban J connectivity index is 1.96. The van der Waals surface area contributed by atoms with Crippen molar-refractivity contribution in [3.05, 3.63) is 34.9 Å². The smallest absolute Gasteiger partial charge is 0.339 e. The molecule has 2 atom stereocenters. The lowest BCUT2D eigenvalue weighted by molar-refractivity contribution is -0.319. The first-order chi connectivity index (χ1) is 15.5. The maximum Gasteiger partial charge on any atom is 0.339 e. The molecule has 0 radical (unpaired) electrons. The van der Waals surface area contributed by atoms with Crippen molar-refractivity contribution in [1.29, 1.82) is 0 Å². The molecule has 1 heterocycles. The molecule has 0 saturated carbocycles. The lowest BCUT2D eigenvalue weighted by atomic mass is 9.81. The van der Waals surface area contributed by atoms with Crippen molar-refractivity contribution in [2.75, 3.05) is 6.61 Å². The Morgan fingerprint density at radius 2 is 1.82 bits per heavy atom. The lowest BCUT2D eigenvalue weighted by Gasteiger charge is -2.46. The standard InChI is InChI=1S/C27H45NO5/c1-9-11-12-24(33-31-10-2)25(29)32-20(4)23-14-13-21(15-19(23)3)18-30-22-16-26(5,6)28-27(7,8)17-22/h13-15,20,22,24,28H,9-12,16-18H2,1-8H3. The molecule has 1 aromatic carbocycles. The highest BCUT2D eigenvalue weighted by Crippen LogP contribution is 2.31. The maximum atomic E-state index is 12.6. The number of aryl methyl sites for hydroxylation is 1. The molecule has 0 bridgehead atoms. The van der Waals surface area contributed by atoms with Gasteiger partial charge in [-0.2, -0.15) is 0 Å². The summed E-state index contributed by atoms with van der Waals surface area (Å²) in [6, 6.07) is 6.23. The zero-order valence-corrected chi connectivity index (χ0v) is 22.0. The summed E-state index contributed by atoms with van der Waals surface area (Å²) in [5.74, 6) is -0.382. The molecule has 1 saturated heterocycles. The number of hydrogen-bond donors (Lipinski definition) is 1. The van der Waals surface area contributed by atoms with Crippen LogP contribution in [-0.4, -0.2) is 35.9 Å². The molecule has 33 heavy (non-hydrogen) atoms. The fourth-order valence-electron chi connectivity index (χ4n) is 4.90. The van der Waals surface area contributed by atoms with Gasteiger partial charge in [0.1, 0.15) is 6.10 Å². The molecular weight excluding hydrogens is 418 g/mol. The highest BCUT2D eigenvalue weighted by Gasteiger charge is 2.38. The van der Waals surface area contributed by atoms with E-state index in [1.807, 2.05) is 26.8 Å². The lowest BCUT2D eigenvalue weighted by Crippen LogP contribution is -2.59. The SMILES string of the molecule is CCCCC(OOCC)C(=O)OC(C)c1ccc(COC2CC(C)(C)NC(C)(C)C2)cc1C. The number of nitrogens with one attached hydrogen (secondary N) is 1. The molecule has 1 aliphatic rings. The van der Waals surface area contributed by atoms with Crippen LogP contribution in [0.3, 0.4) is 0 Å². The molecule has 2 rings (SSSR count). The van der Waals surface area contributed by atoms with Crippen LogP contribution in [0.4, 0.5) is 0 Å². The summed E-state index contributed by atoms with van der Waals surface area (Å²) < 4.78 is 12.0. The average molecular weight is 464 g/mol. The van der Waals surface area contributed by atoms with E-state index in [1.54, 1.807) is 0 Å². The molecule has 2 unspecified atom stereocenters. The Morgan fingerprint density at radius 1 is 1.15 bits per heavy atom. The van der Waals surface area contributed by atoms with Crippen molar-refractivity contribution in [2.45, 2.75) is 123 Å². The summed E-state index contributed by atoms with van der Waals surface area (Å²) in [5.41, 5.74) is 3.32. The van der Waals surface area contributed by atoms with Gasteiger partial charge in [0.25, 0.3) is 0 Å². The molecule has 0 amide bonds. The fourth-order valence-corrected chi connectivity index (χ4v) is 4.90. The minimum absolute atomic E-state index is 0.0619. The van der Waals surface area contributed by atoms with Crippen LogP contribution in [0.25, 0.3) is 0 Å². The average Bonchev–Trinajstić information content (AvgIpc) is 2.70. The number of carbonyl (C=O) groups is 1. The molecule has 6 heteroatoms. The van der Waals surface area contributed by atoms with Crippen molar-refractivity contribution < 1.29 is 24.0 Å². The van der Waals surface area contributed by atoms with Gasteiger partial charge in [0.15, 0.2) is 6.10 Å². The number of hydrogen-bond acceptors (Lipinski definition) is 6. The predicted octanol–water partition coefficient (Wildman–Crippen LogP) is 5.95. The molecule has 0 aliphatic carbocycles. The number of ether oxygens (including phenoxy) is 2. The van der Waals surface area contributed by atoms with E-state index in [0.29, 0.717) is 19.6 Å². The van der Waals surface area contributed by atoms with Crippen LogP contribution in [-0.2, 0) is 30.7 Å². The summed E-state index contributed by atoms with van der Waals surface area (Å²) in [4.78, 5) is 22.9. The van der Waals surface area contributed by atoms with Crippen LogP contribution in [0, 0.1) is 6.92 Å². The summed E-state index contributed by atoms with van der Waals surface area (Å²) in [7, 11) is 0. The first-order valence-corrected chi connectivity index (χ1v) is 12.5. The normalized spacial score (nSPS) is 19.8. The Bertz CT molecular complexity index is 737. The zero-order valence-electron chi connectivity index (χ0n) is 22.0. The van der Waals surface area contributed by atoms with E-state index in [9.17, 15) is 4.79 Å². The van der Waals surface area contributed by atoms with Crippen LogP contribution in [0.5, 0.6) is 0 Å². The number of unbranched alkanes of at least 4 members (excludes halogenated alkanes) is 1. The molecule has 188 valence electrons. The van der Waals surface area contributed by atoms with Crippen LogP contribution in [0.2, 0.25) is 0 Å². The Labute approximate surface area is 200 Å². The summed E-state index contributed by atoms with van der Waals surface area (Å²) in [5, 5.41) is 3.70. The highest BCUT2D eigenvalue weighted by molar-refractivity contribution is 5.74. The third kappa shape index (κ3) is 9.01. The first-order valence-electron chi connectivity index (χ1n) is 12.5. The molecular formula is C27H45NO5. The van der Waals surface area contributed by atoms with Crippen LogP contribution in [0.15, 0.2) is 18.2 Å². The van der Waals surface area contributed by atoms with Crippen molar-refractivity contribution >= 4 is 5.97 Å². The van der Waals surface area contributed by atoms with Gasteiger partial charge in [-0.1, -0.05) is 38.0 Å². The quantitative estimate of drug-likeness (QED) is 0.235. The van der Waals surface area contributed by atoms with Gasteiger partial charge in [-0.3, -0.25) is 0 Å². The van der Waals surface area contributed by atoms with Gasteiger partial charge >= 0.3 is 5.97 Å². The van der Waals surface area contributed by atoms with E-state index in [2.05, 4.69) is 52.1 Å². The number of esters is 1. The third-order valence-electron chi connectivity index (χ3n) is 6.09. The first kappa shape index (κ1) is 27.8. The second kappa shape index (κ2) is 12.3. The monoisotopic (exact) mass is 463 g/mol. The summed E-state index contributed by atoms with van der Waals surface area (Å²) in [6.07, 6.45) is 3.58. The number of benzene rings is 1. The van der Waals surface area contributed by atoms with Crippen LogP contribution < -0.4 is 5.32 Å². The molecule has 1 aliphatic heterocycles. The minimum atomic E-state index is -0.696. The second-order valence-corrected chi connectivity index (χ2v) is 10.6. The maximum absolute atomic E-state index is 12.6. The predicted molar refractivity (Wildman–Crippen MR) is 131 cm³/mol. The Hall–Kier alpha value is -1.47.